The van der Waals surface area contributed by atoms with Gasteiger partial charge < -0.3 is 11.1 Å². The van der Waals surface area contributed by atoms with E-state index < -0.39 is 17.4 Å². The lowest BCUT2D eigenvalue weighted by atomic mass is 9.75. The van der Waals surface area contributed by atoms with E-state index in [1.54, 1.807) is 6.20 Å². The molecule has 160 valence electrons. The Labute approximate surface area is 186 Å². The zero-order chi connectivity index (χ0) is 22.6. The minimum atomic E-state index is -1.01. The molecule has 3 N–H and O–H groups in total. The Morgan fingerprint density at radius 1 is 0.875 bits per heavy atom. The second-order valence-corrected chi connectivity index (χ2v) is 7.84. The van der Waals surface area contributed by atoms with Crippen molar-refractivity contribution in [3.8, 4) is 0 Å². The summed E-state index contributed by atoms with van der Waals surface area (Å²) >= 11 is 0. The molecule has 1 heterocycles. The molecule has 6 heteroatoms. The van der Waals surface area contributed by atoms with Crippen LogP contribution in [0.1, 0.15) is 23.7 Å². The van der Waals surface area contributed by atoms with Crippen LogP contribution >= 0.6 is 0 Å². The lowest BCUT2D eigenvalue weighted by Crippen LogP contribution is -2.52. The highest BCUT2D eigenvalue weighted by Crippen LogP contribution is 2.32. The average molecular weight is 425 g/mol. The molecule has 1 aromatic heterocycles. The molecule has 0 fully saturated rings. The molecule has 32 heavy (non-hydrogen) atoms. The van der Waals surface area contributed by atoms with Crippen LogP contribution in [0.15, 0.2) is 91.1 Å². The van der Waals surface area contributed by atoms with E-state index in [1.807, 2.05) is 91.9 Å². The number of hydrogen-bond acceptors (Lipinski definition) is 4. The van der Waals surface area contributed by atoms with Gasteiger partial charge in [-0.2, -0.15) is 0 Å². The van der Waals surface area contributed by atoms with Crippen LogP contribution in [0, 0.1) is 0 Å². The highest BCUT2D eigenvalue weighted by molar-refractivity contribution is 5.95. The molecular formula is C26H24N4O2. The maximum Gasteiger partial charge on any atom is 0.240 e. The second-order valence-electron chi connectivity index (χ2n) is 7.84. The number of hydrogen-bond donors (Lipinski definition) is 2. The van der Waals surface area contributed by atoms with Crippen LogP contribution in [0.3, 0.4) is 0 Å². The van der Waals surface area contributed by atoms with Crippen LogP contribution < -0.4 is 11.1 Å². The zero-order valence-corrected chi connectivity index (χ0v) is 17.7. The van der Waals surface area contributed by atoms with Gasteiger partial charge in [-0.1, -0.05) is 72.8 Å². The number of nitrogens with one attached hydrogen (secondary N) is 1. The van der Waals surface area contributed by atoms with Gasteiger partial charge in [0.15, 0.2) is 0 Å². The molecule has 4 aromatic rings. The van der Waals surface area contributed by atoms with Gasteiger partial charge in [0.25, 0.3) is 0 Å². The van der Waals surface area contributed by atoms with Gasteiger partial charge in [0.1, 0.15) is 6.04 Å². The largest absolute Gasteiger partial charge is 0.368 e. The van der Waals surface area contributed by atoms with Crippen molar-refractivity contribution >= 4 is 22.8 Å². The first-order chi connectivity index (χ1) is 15.5. The van der Waals surface area contributed by atoms with Crippen molar-refractivity contribution in [3.05, 3.63) is 108 Å². The molecule has 0 aliphatic rings. The first-order valence-electron chi connectivity index (χ1n) is 10.4. The van der Waals surface area contributed by atoms with Crippen LogP contribution in [0.4, 0.5) is 0 Å². The molecule has 0 saturated heterocycles. The molecule has 0 bridgehead atoms. The molecule has 3 aromatic carbocycles. The van der Waals surface area contributed by atoms with E-state index in [2.05, 4.69) is 15.3 Å². The topological polar surface area (TPSA) is 98.0 Å². The molecule has 4 rings (SSSR count). The van der Waals surface area contributed by atoms with Crippen molar-refractivity contribution in [3.63, 3.8) is 0 Å². The molecule has 0 aliphatic heterocycles. The maximum absolute atomic E-state index is 13.6. The highest BCUT2D eigenvalue weighted by atomic mass is 16.2. The van der Waals surface area contributed by atoms with E-state index in [1.165, 1.54) is 0 Å². The summed E-state index contributed by atoms with van der Waals surface area (Å²) in [5.74, 6) is -0.941. The summed E-state index contributed by atoms with van der Waals surface area (Å²) in [6, 6.07) is 25.5. The predicted molar refractivity (Wildman–Crippen MR) is 124 cm³/mol. The molecule has 0 saturated carbocycles. The van der Waals surface area contributed by atoms with Crippen molar-refractivity contribution in [2.75, 3.05) is 0 Å². The Morgan fingerprint density at radius 2 is 1.41 bits per heavy atom. The summed E-state index contributed by atoms with van der Waals surface area (Å²) in [4.78, 5) is 34.8. The number of nitrogens with two attached hydrogens (primary N) is 1. The van der Waals surface area contributed by atoms with E-state index in [4.69, 9.17) is 5.73 Å². The molecular weight excluding hydrogens is 400 g/mol. The van der Waals surface area contributed by atoms with Gasteiger partial charge in [-0.3, -0.25) is 14.6 Å². The van der Waals surface area contributed by atoms with Crippen LogP contribution in [0.5, 0.6) is 0 Å². The Hall–Kier alpha value is -4.06. The number of primary amides is 1. The van der Waals surface area contributed by atoms with Gasteiger partial charge in [-0.25, -0.2) is 4.98 Å². The first-order valence-corrected chi connectivity index (χ1v) is 10.4. The smallest absolute Gasteiger partial charge is 0.240 e. The fourth-order valence-electron chi connectivity index (χ4n) is 3.80. The fourth-order valence-corrected chi connectivity index (χ4v) is 3.80. The Morgan fingerprint density at radius 3 is 1.97 bits per heavy atom. The van der Waals surface area contributed by atoms with Crippen molar-refractivity contribution in [1.82, 2.24) is 15.3 Å². The van der Waals surface area contributed by atoms with E-state index in [0.29, 0.717) is 5.69 Å². The van der Waals surface area contributed by atoms with Crippen LogP contribution in [0.2, 0.25) is 0 Å². The van der Waals surface area contributed by atoms with Gasteiger partial charge in [-0.05, 0) is 30.2 Å². The van der Waals surface area contributed by atoms with Gasteiger partial charge in [0, 0.05) is 12.6 Å². The second kappa shape index (κ2) is 8.98. The molecule has 2 amide bonds. The third kappa shape index (κ3) is 4.21. The van der Waals surface area contributed by atoms with Crippen molar-refractivity contribution in [2.45, 2.75) is 24.8 Å². The van der Waals surface area contributed by atoms with Crippen LogP contribution in [-0.4, -0.2) is 27.8 Å². The molecule has 0 aliphatic carbocycles. The van der Waals surface area contributed by atoms with Crippen LogP contribution in [-0.2, 0) is 21.4 Å². The molecule has 6 nitrogen and oxygen atoms in total. The third-order valence-electron chi connectivity index (χ3n) is 5.72. The number of carbonyl (C=O) groups excluding carboxylic acids is 2. The number of fused-ring (bicyclic) bond motifs is 1. The molecule has 1 atom stereocenters. The molecule has 0 radical (unpaired) electrons. The lowest BCUT2D eigenvalue weighted by molar-refractivity contribution is -0.129. The number of rotatable bonds is 7. The SMILES string of the molecule is CC(C(=O)N[C@@H](Cc1cnc2ccccc2n1)C(N)=O)(c1ccccc1)c1ccccc1. The minimum Gasteiger partial charge on any atom is -0.368 e. The number of para-hydroxylation sites is 2. The monoisotopic (exact) mass is 424 g/mol. The number of aromatic nitrogens is 2. The summed E-state index contributed by atoms with van der Waals surface area (Å²) < 4.78 is 0. The fraction of sp³-hybridized carbons (Fsp3) is 0.154. The number of carbonyl (C=O) groups is 2. The van der Waals surface area contributed by atoms with Crippen molar-refractivity contribution in [1.29, 1.82) is 0 Å². The number of amides is 2. The Kier molecular flexibility index (Phi) is 5.94. The summed E-state index contributed by atoms with van der Waals surface area (Å²) in [6.45, 7) is 1.85. The van der Waals surface area contributed by atoms with E-state index in [0.717, 1.165) is 22.2 Å². The van der Waals surface area contributed by atoms with Gasteiger partial charge in [0.2, 0.25) is 11.8 Å². The molecule has 0 unspecified atom stereocenters. The van der Waals surface area contributed by atoms with Gasteiger partial charge >= 0.3 is 0 Å². The van der Waals surface area contributed by atoms with E-state index in [-0.39, 0.29) is 12.3 Å². The Bertz CT molecular complexity index is 1200. The van der Waals surface area contributed by atoms with Gasteiger partial charge in [0.05, 0.1) is 22.1 Å². The summed E-state index contributed by atoms with van der Waals surface area (Å²) in [5, 5.41) is 2.87. The first kappa shape index (κ1) is 21.2. The maximum atomic E-state index is 13.6. The van der Waals surface area contributed by atoms with Crippen molar-refractivity contribution in [2.24, 2.45) is 5.73 Å². The standard InChI is InChI=1S/C26H24N4O2/c1-26(18-10-4-2-5-11-18,19-12-6-3-7-13-19)25(32)30-23(24(27)31)16-20-17-28-21-14-8-9-15-22(21)29-20/h2-15,17,23H,16H2,1H3,(H2,27,31)(H,30,32)/t23-/m0/s1. The van der Waals surface area contributed by atoms with E-state index >= 15 is 0 Å². The number of nitrogens with zero attached hydrogens (tertiary/aromatic N) is 2. The number of benzene rings is 3. The predicted octanol–water partition coefficient (Wildman–Crippen LogP) is 3.15. The highest BCUT2D eigenvalue weighted by Gasteiger charge is 2.38. The minimum absolute atomic E-state index is 0.151. The van der Waals surface area contributed by atoms with Crippen molar-refractivity contribution < 1.29 is 9.59 Å². The van der Waals surface area contributed by atoms with Gasteiger partial charge in [-0.15, -0.1) is 0 Å². The Balaban J connectivity index is 1.65. The zero-order valence-electron chi connectivity index (χ0n) is 17.7. The van der Waals surface area contributed by atoms with E-state index in [9.17, 15) is 9.59 Å². The third-order valence-corrected chi connectivity index (χ3v) is 5.72. The quantitative estimate of drug-likeness (QED) is 0.476. The molecule has 0 spiro atoms. The average Bonchev–Trinajstić information content (AvgIpc) is 2.84. The van der Waals surface area contributed by atoms with Crippen LogP contribution in [0.25, 0.3) is 11.0 Å². The summed E-state index contributed by atoms with van der Waals surface area (Å²) in [5.41, 5.74) is 8.35. The summed E-state index contributed by atoms with van der Waals surface area (Å²) in [7, 11) is 0. The normalized spacial score (nSPS) is 12.3. The lowest BCUT2D eigenvalue weighted by Gasteiger charge is -2.31. The summed E-state index contributed by atoms with van der Waals surface area (Å²) in [6.07, 6.45) is 1.76.